The van der Waals surface area contributed by atoms with Crippen LogP contribution in [-0.2, 0) is 11.3 Å². The third-order valence-electron chi connectivity index (χ3n) is 2.77. The molecule has 0 radical (unpaired) electrons. The Morgan fingerprint density at radius 1 is 1.26 bits per heavy atom. The van der Waals surface area contributed by atoms with Gasteiger partial charge in [0.25, 0.3) is 0 Å². The van der Waals surface area contributed by atoms with Crippen LogP contribution in [0.2, 0.25) is 0 Å². The summed E-state index contributed by atoms with van der Waals surface area (Å²) >= 11 is 0. The summed E-state index contributed by atoms with van der Waals surface area (Å²) < 4.78 is 10.5. The molecule has 0 saturated heterocycles. The monoisotopic (exact) mass is 324 g/mol. The first kappa shape index (κ1) is 18.9. The van der Waals surface area contributed by atoms with E-state index < -0.39 is 17.2 Å². The molecule has 0 fully saturated rings. The number of amides is 1. The van der Waals surface area contributed by atoms with Crippen LogP contribution in [0, 0.1) is 0 Å². The SMILES string of the molecule is CN=C(NCc1ccco1)NCC(C)(C)NC(=O)OC(C)(C)C. The maximum atomic E-state index is 11.9. The zero-order chi connectivity index (χ0) is 17.5. The molecule has 1 rings (SSSR count). The molecule has 130 valence electrons. The topological polar surface area (TPSA) is 87.9 Å². The number of carbonyl (C=O) groups is 1. The summed E-state index contributed by atoms with van der Waals surface area (Å²) in [6, 6.07) is 3.72. The number of alkyl carbamates (subject to hydrolysis) is 1. The lowest BCUT2D eigenvalue weighted by Crippen LogP contribution is -2.54. The van der Waals surface area contributed by atoms with E-state index in [9.17, 15) is 4.79 Å². The van der Waals surface area contributed by atoms with Gasteiger partial charge < -0.3 is 25.1 Å². The molecule has 0 aliphatic heterocycles. The van der Waals surface area contributed by atoms with Crippen molar-refractivity contribution in [3.8, 4) is 0 Å². The van der Waals surface area contributed by atoms with Crippen molar-refractivity contribution >= 4 is 12.1 Å². The summed E-state index contributed by atoms with van der Waals surface area (Å²) in [6.07, 6.45) is 1.18. The number of furan rings is 1. The standard InChI is InChI=1S/C16H28N4O3/c1-15(2,3)23-14(21)20-16(4,5)11-19-13(17-6)18-10-12-8-7-9-22-12/h7-9H,10-11H2,1-6H3,(H,20,21)(H2,17,18,19). The minimum Gasteiger partial charge on any atom is -0.467 e. The van der Waals surface area contributed by atoms with Crippen LogP contribution in [0.4, 0.5) is 4.79 Å². The fraction of sp³-hybridized carbons (Fsp3) is 0.625. The van der Waals surface area contributed by atoms with E-state index in [0.29, 0.717) is 19.0 Å². The largest absolute Gasteiger partial charge is 0.467 e. The van der Waals surface area contributed by atoms with Gasteiger partial charge in [-0.2, -0.15) is 0 Å². The van der Waals surface area contributed by atoms with Crippen molar-refractivity contribution < 1.29 is 13.9 Å². The molecule has 1 heterocycles. The maximum absolute atomic E-state index is 11.9. The van der Waals surface area contributed by atoms with Gasteiger partial charge in [-0.3, -0.25) is 4.99 Å². The van der Waals surface area contributed by atoms with Gasteiger partial charge in [-0.1, -0.05) is 0 Å². The number of aliphatic imine (C=N–C) groups is 1. The quantitative estimate of drug-likeness (QED) is 0.571. The second kappa shape index (κ2) is 7.89. The first-order chi connectivity index (χ1) is 10.6. The van der Waals surface area contributed by atoms with Gasteiger partial charge in [-0.05, 0) is 46.8 Å². The van der Waals surface area contributed by atoms with Crippen LogP contribution in [0.5, 0.6) is 0 Å². The van der Waals surface area contributed by atoms with Crippen molar-refractivity contribution in [3.63, 3.8) is 0 Å². The average Bonchev–Trinajstić information content (AvgIpc) is 2.88. The highest BCUT2D eigenvalue weighted by Crippen LogP contribution is 2.09. The lowest BCUT2D eigenvalue weighted by molar-refractivity contribution is 0.0474. The molecule has 0 bridgehead atoms. The molecule has 1 amide bonds. The minimum atomic E-state index is -0.520. The molecule has 1 aromatic heterocycles. The van der Waals surface area contributed by atoms with Gasteiger partial charge in [0, 0.05) is 13.6 Å². The van der Waals surface area contributed by atoms with Crippen molar-refractivity contribution in [3.05, 3.63) is 24.2 Å². The van der Waals surface area contributed by atoms with Crippen molar-refractivity contribution in [2.45, 2.75) is 52.3 Å². The number of ether oxygens (including phenoxy) is 1. The average molecular weight is 324 g/mol. The molecular weight excluding hydrogens is 296 g/mol. The summed E-state index contributed by atoms with van der Waals surface area (Å²) in [5.74, 6) is 1.44. The van der Waals surface area contributed by atoms with E-state index >= 15 is 0 Å². The maximum Gasteiger partial charge on any atom is 0.408 e. The summed E-state index contributed by atoms with van der Waals surface area (Å²) in [5.41, 5.74) is -1.02. The predicted molar refractivity (Wildman–Crippen MR) is 90.4 cm³/mol. The van der Waals surface area contributed by atoms with Crippen LogP contribution in [0.1, 0.15) is 40.4 Å². The second-order valence-corrected chi connectivity index (χ2v) is 6.87. The molecule has 0 atom stereocenters. The molecule has 0 unspecified atom stereocenters. The van der Waals surface area contributed by atoms with Gasteiger partial charge in [0.1, 0.15) is 11.4 Å². The number of nitrogens with one attached hydrogen (secondary N) is 3. The number of nitrogens with zero attached hydrogens (tertiary/aromatic N) is 1. The molecule has 23 heavy (non-hydrogen) atoms. The molecule has 7 heteroatoms. The molecule has 0 aliphatic carbocycles. The van der Waals surface area contributed by atoms with Gasteiger partial charge in [0.15, 0.2) is 5.96 Å². The Balaban J connectivity index is 2.42. The van der Waals surface area contributed by atoms with E-state index in [-0.39, 0.29) is 0 Å². The van der Waals surface area contributed by atoms with Crippen molar-refractivity contribution in [1.29, 1.82) is 0 Å². The fourth-order valence-electron chi connectivity index (χ4n) is 1.73. The minimum absolute atomic E-state index is 0.442. The second-order valence-electron chi connectivity index (χ2n) is 6.87. The summed E-state index contributed by atoms with van der Waals surface area (Å²) in [6.45, 7) is 10.3. The molecular formula is C16H28N4O3. The molecule has 3 N–H and O–H groups in total. The Morgan fingerprint density at radius 2 is 1.96 bits per heavy atom. The van der Waals surface area contributed by atoms with Crippen LogP contribution >= 0.6 is 0 Å². The van der Waals surface area contributed by atoms with Crippen LogP contribution < -0.4 is 16.0 Å². The Kier molecular flexibility index (Phi) is 6.48. The van der Waals surface area contributed by atoms with E-state index in [2.05, 4.69) is 20.9 Å². The van der Waals surface area contributed by atoms with Crippen LogP contribution in [-0.4, -0.2) is 36.8 Å². The third kappa shape index (κ3) is 8.13. The normalized spacial score (nSPS) is 12.7. The van der Waals surface area contributed by atoms with Crippen LogP contribution in [0.15, 0.2) is 27.8 Å². The zero-order valence-corrected chi connectivity index (χ0v) is 14.8. The van der Waals surface area contributed by atoms with E-state index in [1.807, 2.05) is 46.8 Å². The van der Waals surface area contributed by atoms with Crippen molar-refractivity contribution in [2.75, 3.05) is 13.6 Å². The molecule has 1 aromatic rings. The summed E-state index contributed by atoms with van der Waals surface area (Å²) in [7, 11) is 1.69. The highest BCUT2D eigenvalue weighted by atomic mass is 16.6. The smallest absolute Gasteiger partial charge is 0.408 e. The lowest BCUT2D eigenvalue weighted by Gasteiger charge is -2.29. The Labute approximate surface area is 137 Å². The third-order valence-corrected chi connectivity index (χ3v) is 2.77. The number of carbonyl (C=O) groups excluding carboxylic acids is 1. The van der Waals surface area contributed by atoms with Gasteiger partial charge in [-0.15, -0.1) is 0 Å². The summed E-state index contributed by atoms with van der Waals surface area (Å²) in [5, 5.41) is 9.14. The van der Waals surface area contributed by atoms with E-state index in [4.69, 9.17) is 9.15 Å². The highest BCUT2D eigenvalue weighted by Gasteiger charge is 2.24. The molecule has 0 saturated carbocycles. The van der Waals surface area contributed by atoms with Gasteiger partial charge in [0.05, 0.1) is 18.3 Å². The van der Waals surface area contributed by atoms with Gasteiger partial charge >= 0.3 is 6.09 Å². The summed E-state index contributed by atoms with van der Waals surface area (Å²) in [4.78, 5) is 16.0. The van der Waals surface area contributed by atoms with Crippen LogP contribution in [0.3, 0.4) is 0 Å². The van der Waals surface area contributed by atoms with Crippen LogP contribution in [0.25, 0.3) is 0 Å². The lowest BCUT2D eigenvalue weighted by atomic mass is 10.1. The first-order valence-corrected chi connectivity index (χ1v) is 7.59. The van der Waals surface area contributed by atoms with E-state index in [1.54, 1.807) is 13.3 Å². The predicted octanol–water partition coefficient (Wildman–Crippen LogP) is 2.25. The molecule has 7 nitrogen and oxygen atoms in total. The van der Waals surface area contributed by atoms with Gasteiger partial charge in [-0.25, -0.2) is 4.79 Å². The molecule has 0 aliphatic rings. The number of hydrogen-bond acceptors (Lipinski definition) is 4. The number of guanidine groups is 1. The van der Waals surface area contributed by atoms with Gasteiger partial charge in [0.2, 0.25) is 0 Å². The Bertz CT molecular complexity index is 516. The first-order valence-electron chi connectivity index (χ1n) is 7.59. The van der Waals surface area contributed by atoms with E-state index in [0.717, 1.165) is 5.76 Å². The number of hydrogen-bond donors (Lipinski definition) is 3. The Morgan fingerprint density at radius 3 is 2.48 bits per heavy atom. The molecule has 0 aromatic carbocycles. The molecule has 0 spiro atoms. The van der Waals surface area contributed by atoms with Crippen molar-refractivity contribution in [1.82, 2.24) is 16.0 Å². The Hall–Kier alpha value is -2.18. The van der Waals surface area contributed by atoms with E-state index in [1.165, 1.54) is 0 Å². The number of rotatable bonds is 5. The highest BCUT2D eigenvalue weighted by molar-refractivity contribution is 5.79. The van der Waals surface area contributed by atoms with Crippen molar-refractivity contribution in [2.24, 2.45) is 4.99 Å². The fourth-order valence-corrected chi connectivity index (χ4v) is 1.73. The zero-order valence-electron chi connectivity index (χ0n) is 14.8.